The quantitative estimate of drug-likeness (QED) is 0.663. The largest absolute Gasteiger partial charge is 0.376 e. The van der Waals surface area contributed by atoms with Crippen molar-refractivity contribution in [3.05, 3.63) is 39.9 Å². The lowest BCUT2D eigenvalue weighted by Crippen LogP contribution is -2.39. The van der Waals surface area contributed by atoms with Gasteiger partial charge in [-0.15, -0.1) is 0 Å². The Bertz CT molecular complexity index is 545. The number of nitrogens with one attached hydrogen (secondary N) is 1. The van der Waals surface area contributed by atoms with Gasteiger partial charge in [-0.25, -0.2) is 0 Å². The second-order valence-electron chi connectivity index (χ2n) is 5.73. The van der Waals surface area contributed by atoms with E-state index in [0.717, 1.165) is 37.9 Å². The van der Waals surface area contributed by atoms with Crippen LogP contribution in [-0.2, 0) is 14.9 Å². The first-order chi connectivity index (χ1) is 10.1. The predicted octanol–water partition coefficient (Wildman–Crippen LogP) is 1.92. The van der Waals surface area contributed by atoms with Gasteiger partial charge in [-0.2, -0.15) is 0 Å². The summed E-state index contributed by atoms with van der Waals surface area (Å²) in [4.78, 5) is 22.6. The molecule has 0 spiro atoms. The van der Waals surface area contributed by atoms with Crippen LogP contribution in [-0.4, -0.2) is 30.1 Å². The average molecular weight is 290 g/mol. The monoisotopic (exact) mass is 290 g/mol. The summed E-state index contributed by atoms with van der Waals surface area (Å²) in [6, 6.07) is 6.30. The third-order valence-electron chi connectivity index (χ3n) is 4.33. The summed E-state index contributed by atoms with van der Waals surface area (Å²) in [6.45, 7) is 1.32. The maximum atomic E-state index is 12.4. The number of nitro groups is 1. The molecule has 3 rings (SSSR count). The van der Waals surface area contributed by atoms with Crippen molar-refractivity contribution in [1.29, 1.82) is 0 Å². The van der Waals surface area contributed by atoms with Crippen LogP contribution < -0.4 is 5.32 Å². The van der Waals surface area contributed by atoms with E-state index in [1.807, 2.05) is 0 Å². The molecule has 1 N–H and O–H groups in total. The molecule has 0 unspecified atom stereocenters. The molecule has 0 radical (unpaired) electrons. The second-order valence-corrected chi connectivity index (χ2v) is 5.73. The molecule has 1 aliphatic heterocycles. The highest BCUT2D eigenvalue weighted by Crippen LogP contribution is 2.48. The molecule has 1 aromatic carbocycles. The van der Waals surface area contributed by atoms with Crippen molar-refractivity contribution in [3.63, 3.8) is 0 Å². The van der Waals surface area contributed by atoms with Gasteiger partial charge >= 0.3 is 0 Å². The van der Waals surface area contributed by atoms with Gasteiger partial charge in [-0.1, -0.05) is 12.1 Å². The highest BCUT2D eigenvalue weighted by Gasteiger charge is 2.51. The highest BCUT2D eigenvalue weighted by molar-refractivity contribution is 5.91. The van der Waals surface area contributed by atoms with Crippen molar-refractivity contribution < 1.29 is 14.5 Å². The Kier molecular flexibility index (Phi) is 3.63. The van der Waals surface area contributed by atoms with Gasteiger partial charge in [-0.05, 0) is 31.2 Å². The van der Waals surface area contributed by atoms with Crippen LogP contribution in [0, 0.1) is 10.1 Å². The third-order valence-corrected chi connectivity index (χ3v) is 4.33. The summed E-state index contributed by atoms with van der Waals surface area (Å²) in [7, 11) is 0. The van der Waals surface area contributed by atoms with Crippen LogP contribution in [0.5, 0.6) is 0 Å². The molecule has 1 aliphatic carbocycles. The zero-order chi connectivity index (χ0) is 14.9. The van der Waals surface area contributed by atoms with Gasteiger partial charge in [0.1, 0.15) is 0 Å². The first-order valence-corrected chi connectivity index (χ1v) is 7.27. The van der Waals surface area contributed by atoms with E-state index in [1.54, 1.807) is 12.1 Å². The number of non-ortho nitro benzene ring substituents is 1. The number of amides is 1. The minimum Gasteiger partial charge on any atom is -0.376 e. The fourth-order valence-corrected chi connectivity index (χ4v) is 2.86. The van der Waals surface area contributed by atoms with Crippen molar-refractivity contribution >= 4 is 11.6 Å². The Hall–Kier alpha value is -1.95. The summed E-state index contributed by atoms with van der Waals surface area (Å²) in [5.74, 6) is 0.00635. The molecule has 6 heteroatoms. The number of benzene rings is 1. The molecule has 0 bridgehead atoms. The Labute approximate surface area is 122 Å². The number of ether oxygens (including phenoxy) is 1. The van der Waals surface area contributed by atoms with E-state index < -0.39 is 10.3 Å². The Morgan fingerprint density at radius 2 is 2.10 bits per heavy atom. The number of hydrogen-bond donors (Lipinski definition) is 1. The van der Waals surface area contributed by atoms with Crippen LogP contribution in [0.2, 0.25) is 0 Å². The molecule has 1 saturated heterocycles. The fourth-order valence-electron chi connectivity index (χ4n) is 2.86. The number of nitro benzene ring substituents is 1. The van der Waals surface area contributed by atoms with Gasteiger partial charge in [0, 0.05) is 25.3 Å². The number of carbonyl (C=O) groups is 1. The molecule has 6 nitrogen and oxygen atoms in total. The van der Waals surface area contributed by atoms with Gasteiger partial charge in [0.15, 0.2) is 0 Å². The molecular formula is C15H18N2O4. The number of carbonyl (C=O) groups excluding carboxylic acids is 1. The molecule has 2 aliphatic rings. The van der Waals surface area contributed by atoms with E-state index in [-0.39, 0.29) is 17.7 Å². The molecule has 21 heavy (non-hydrogen) atoms. The maximum Gasteiger partial charge on any atom is 0.269 e. The second kappa shape index (κ2) is 5.44. The number of hydrogen-bond acceptors (Lipinski definition) is 4. The predicted molar refractivity (Wildman–Crippen MR) is 76.0 cm³/mol. The summed E-state index contributed by atoms with van der Waals surface area (Å²) in [5, 5.41) is 13.6. The smallest absolute Gasteiger partial charge is 0.269 e. The van der Waals surface area contributed by atoms with Crippen LogP contribution >= 0.6 is 0 Å². The Balaban J connectivity index is 1.65. The molecule has 0 aromatic heterocycles. The van der Waals surface area contributed by atoms with Crippen molar-refractivity contribution in [2.75, 3.05) is 13.2 Å². The van der Waals surface area contributed by atoms with Crippen molar-refractivity contribution in [2.24, 2.45) is 0 Å². The van der Waals surface area contributed by atoms with Crippen LogP contribution in [0.4, 0.5) is 5.69 Å². The van der Waals surface area contributed by atoms with E-state index in [9.17, 15) is 14.9 Å². The number of nitrogens with zero attached hydrogens (tertiary/aromatic N) is 1. The average Bonchev–Trinajstić information content (AvgIpc) is 3.14. The molecule has 1 aromatic rings. The molecule has 1 heterocycles. The molecule has 2 fully saturated rings. The Morgan fingerprint density at radius 1 is 1.38 bits per heavy atom. The molecule has 112 valence electrons. The maximum absolute atomic E-state index is 12.4. The van der Waals surface area contributed by atoms with Crippen molar-refractivity contribution in [1.82, 2.24) is 5.32 Å². The van der Waals surface area contributed by atoms with Crippen molar-refractivity contribution in [3.8, 4) is 0 Å². The van der Waals surface area contributed by atoms with Crippen LogP contribution in [0.25, 0.3) is 0 Å². The summed E-state index contributed by atoms with van der Waals surface area (Å²) >= 11 is 0. The lowest BCUT2D eigenvalue weighted by atomic mass is 9.94. The van der Waals surface area contributed by atoms with Gasteiger partial charge in [0.2, 0.25) is 5.91 Å². The Morgan fingerprint density at radius 3 is 2.62 bits per heavy atom. The first kappa shape index (κ1) is 14.0. The van der Waals surface area contributed by atoms with E-state index in [4.69, 9.17) is 4.74 Å². The first-order valence-electron chi connectivity index (χ1n) is 7.27. The van der Waals surface area contributed by atoms with Gasteiger partial charge in [0.05, 0.1) is 16.4 Å². The summed E-state index contributed by atoms with van der Waals surface area (Å²) < 4.78 is 5.49. The zero-order valence-electron chi connectivity index (χ0n) is 11.7. The van der Waals surface area contributed by atoms with Crippen LogP contribution in [0.1, 0.15) is 31.2 Å². The van der Waals surface area contributed by atoms with E-state index >= 15 is 0 Å². The summed E-state index contributed by atoms with van der Waals surface area (Å²) in [6.07, 6.45) is 3.75. The van der Waals surface area contributed by atoms with Crippen molar-refractivity contribution in [2.45, 2.75) is 37.2 Å². The van der Waals surface area contributed by atoms with Gasteiger partial charge in [-0.3, -0.25) is 14.9 Å². The molecular weight excluding hydrogens is 272 g/mol. The normalized spacial score (nSPS) is 22.8. The van der Waals surface area contributed by atoms with Gasteiger partial charge in [0.25, 0.3) is 5.69 Å². The molecule has 1 saturated carbocycles. The minimum atomic E-state index is -0.492. The topological polar surface area (TPSA) is 81.5 Å². The standard InChI is InChI=1S/C15H18N2O4/c18-14(16-10-13-2-1-9-21-13)15(7-8-15)11-3-5-12(6-4-11)17(19)20/h3-6,13H,1-2,7-10H2,(H,16,18)/t13-/m1/s1. The van der Waals surface area contributed by atoms with Crippen LogP contribution in [0.15, 0.2) is 24.3 Å². The lowest BCUT2D eigenvalue weighted by molar-refractivity contribution is -0.384. The lowest BCUT2D eigenvalue weighted by Gasteiger charge is -2.17. The van der Waals surface area contributed by atoms with Crippen LogP contribution in [0.3, 0.4) is 0 Å². The highest BCUT2D eigenvalue weighted by atomic mass is 16.6. The number of rotatable bonds is 5. The SMILES string of the molecule is O=C(NC[C@H]1CCCO1)C1(c2ccc([N+](=O)[O-])cc2)CC1. The third kappa shape index (κ3) is 2.76. The fraction of sp³-hybridized carbons (Fsp3) is 0.533. The summed E-state index contributed by atoms with van der Waals surface area (Å²) in [5.41, 5.74) is 0.417. The molecule has 1 atom stereocenters. The molecule has 1 amide bonds. The minimum absolute atomic E-state index is 0.00635. The van der Waals surface area contributed by atoms with E-state index in [2.05, 4.69) is 5.32 Å². The van der Waals surface area contributed by atoms with E-state index in [0.29, 0.717) is 6.54 Å². The van der Waals surface area contributed by atoms with E-state index in [1.165, 1.54) is 12.1 Å². The zero-order valence-corrected chi connectivity index (χ0v) is 11.7. The van der Waals surface area contributed by atoms with Gasteiger partial charge < -0.3 is 10.1 Å².